The van der Waals surface area contributed by atoms with Crippen molar-refractivity contribution in [1.82, 2.24) is 14.9 Å². The van der Waals surface area contributed by atoms with Gasteiger partial charge in [0.2, 0.25) is 0 Å². The minimum absolute atomic E-state index is 0.674. The quantitative estimate of drug-likeness (QED) is 0.314. The van der Waals surface area contributed by atoms with Crippen LogP contribution >= 0.6 is 11.6 Å². The van der Waals surface area contributed by atoms with E-state index in [0.717, 1.165) is 51.0 Å². The first-order valence-corrected chi connectivity index (χ1v) is 11.8. The van der Waals surface area contributed by atoms with Crippen LogP contribution in [-0.4, -0.2) is 41.1 Å². The molecule has 166 valence electrons. The SMILES string of the molecule is Clc1ccc(-c2ccc(-c3ccc(OCCN4CCCC4)c(-c4ccccn4)c3)nc2)cc1. The number of ether oxygens (including phenoxy) is 1. The molecule has 1 aliphatic rings. The first kappa shape index (κ1) is 21.6. The molecule has 3 heterocycles. The first-order chi connectivity index (χ1) is 16.3. The molecule has 0 saturated carbocycles. The van der Waals surface area contributed by atoms with Crippen LogP contribution in [0.3, 0.4) is 0 Å². The lowest BCUT2D eigenvalue weighted by atomic mass is 10.0. The number of aromatic nitrogens is 2. The molecule has 0 unspecified atom stereocenters. The molecule has 1 saturated heterocycles. The second kappa shape index (κ2) is 10.2. The molecule has 0 N–H and O–H groups in total. The molecule has 0 amide bonds. The predicted molar refractivity (Wildman–Crippen MR) is 135 cm³/mol. The summed E-state index contributed by atoms with van der Waals surface area (Å²) in [6.45, 7) is 3.98. The van der Waals surface area contributed by atoms with Gasteiger partial charge in [-0.1, -0.05) is 35.9 Å². The van der Waals surface area contributed by atoms with Gasteiger partial charge < -0.3 is 4.74 Å². The lowest BCUT2D eigenvalue weighted by Crippen LogP contribution is -2.25. The number of nitrogens with zero attached hydrogens (tertiary/aromatic N) is 3. The third-order valence-corrected chi connectivity index (χ3v) is 6.27. The fraction of sp³-hybridized carbons (Fsp3) is 0.214. The number of hydrogen-bond donors (Lipinski definition) is 0. The van der Waals surface area contributed by atoms with Crippen LogP contribution in [0, 0.1) is 0 Å². The van der Waals surface area contributed by atoms with Crippen LogP contribution in [0.4, 0.5) is 0 Å². The molecule has 33 heavy (non-hydrogen) atoms. The highest BCUT2D eigenvalue weighted by Gasteiger charge is 2.14. The van der Waals surface area contributed by atoms with Gasteiger partial charge in [0.15, 0.2) is 0 Å². The molecule has 1 fully saturated rings. The number of likely N-dealkylation sites (tertiary alicyclic amines) is 1. The van der Waals surface area contributed by atoms with Crippen molar-refractivity contribution < 1.29 is 4.74 Å². The Hall–Kier alpha value is -3.21. The van der Waals surface area contributed by atoms with Crippen molar-refractivity contribution >= 4 is 11.6 Å². The fourth-order valence-electron chi connectivity index (χ4n) is 4.21. The number of benzene rings is 2. The fourth-order valence-corrected chi connectivity index (χ4v) is 4.33. The summed E-state index contributed by atoms with van der Waals surface area (Å²) in [6, 6.07) is 24.1. The summed E-state index contributed by atoms with van der Waals surface area (Å²) < 4.78 is 6.22. The van der Waals surface area contributed by atoms with Gasteiger partial charge in [-0.2, -0.15) is 0 Å². The summed E-state index contributed by atoms with van der Waals surface area (Å²) in [4.78, 5) is 11.8. The van der Waals surface area contributed by atoms with E-state index >= 15 is 0 Å². The van der Waals surface area contributed by atoms with Crippen molar-refractivity contribution in [2.75, 3.05) is 26.2 Å². The van der Waals surface area contributed by atoms with Gasteiger partial charge in [-0.05, 0) is 80.0 Å². The molecule has 2 aromatic heterocycles. The molecule has 5 rings (SSSR count). The van der Waals surface area contributed by atoms with Gasteiger partial charge in [0.05, 0.1) is 11.4 Å². The van der Waals surface area contributed by atoms with Gasteiger partial charge in [0.1, 0.15) is 12.4 Å². The molecular formula is C28H26ClN3O. The van der Waals surface area contributed by atoms with Gasteiger partial charge in [-0.25, -0.2) is 0 Å². The molecule has 2 aromatic carbocycles. The van der Waals surface area contributed by atoms with Crippen molar-refractivity contribution in [3.63, 3.8) is 0 Å². The lowest BCUT2D eigenvalue weighted by Gasteiger charge is -2.17. The normalized spacial score (nSPS) is 13.8. The Morgan fingerprint density at radius 3 is 2.30 bits per heavy atom. The summed E-state index contributed by atoms with van der Waals surface area (Å²) >= 11 is 6.01. The maximum atomic E-state index is 6.22. The third kappa shape index (κ3) is 5.24. The molecule has 0 bridgehead atoms. The van der Waals surface area contributed by atoms with Crippen LogP contribution in [-0.2, 0) is 0 Å². The average Bonchev–Trinajstić information content (AvgIpc) is 3.39. The zero-order valence-electron chi connectivity index (χ0n) is 18.5. The van der Waals surface area contributed by atoms with E-state index in [1.165, 1.54) is 25.9 Å². The van der Waals surface area contributed by atoms with Crippen molar-refractivity contribution in [2.45, 2.75) is 12.8 Å². The van der Waals surface area contributed by atoms with Crippen LogP contribution in [0.2, 0.25) is 5.02 Å². The Labute approximate surface area is 199 Å². The van der Waals surface area contributed by atoms with Gasteiger partial charge in [-0.15, -0.1) is 0 Å². The van der Waals surface area contributed by atoms with E-state index in [1.54, 1.807) is 0 Å². The standard InChI is InChI=1S/C28H26ClN3O/c29-24-10-6-21(7-11-24)23-8-12-26(31-20-23)22-9-13-28(33-18-17-32-15-3-4-16-32)25(19-22)27-5-1-2-14-30-27/h1-2,5-14,19-20H,3-4,15-18H2. The van der Waals surface area contributed by atoms with Crippen LogP contribution in [0.25, 0.3) is 33.6 Å². The van der Waals surface area contributed by atoms with Gasteiger partial charge in [0, 0.05) is 40.7 Å². The maximum absolute atomic E-state index is 6.22. The number of rotatable bonds is 7. The molecular weight excluding hydrogens is 430 g/mol. The molecule has 4 aromatic rings. The third-order valence-electron chi connectivity index (χ3n) is 6.02. The highest BCUT2D eigenvalue weighted by molar-refractivity contribution is 6.30. The Balaban J connectivity index is 1.40. The van der Waals surface area contributed by atoms with E-state index in [-0.39, 0.29) is 0 Å². The second-order valence-electron chi connectivity index (χ2n) is 8.26. The van der Waals surface area contributed by atoms with E-state index in [2.05, 4.69) is 34.1 Å². The molecule has 0 radical (unpaired) electrons. The van der Waals surface area contributed by atoms with E-state index in [9.17, 15) is 0 Å². The van der Waals surface area contributed by atoms with Crippen LogP contribution < -0.4 is 4.74 Å². The highest BCUT2D eigenvalue weighted by atomic mass is 35.5. The lowest BCUT2D eigenvalue weighted by molar-refractivity contribution is 0.238. The van der Waals surface area contributed by atoms with Gasteiger partial charge in [-0.3, -0.25) is 14.9 Å². The van der Waals surface area contributed by atoms with Crippen molar-refractivity contribution in [3.05, 3.63) is 90.2 Å². The van der Waals surface area contributed by atoms with Gasteiger partial charge >= 0.3 is 0 Å². The highest BCUT2D eigenvalue weighted by Crippen LogP contribution is 2.33. The predicted octanol–water partition coefficient (Wildman–Crippen LogP) is 6.61. The van der Waals surface area contributed by atoms with Crippen LogP contribution in [0.15, 0.2) is 85.2 Å². The Morgan fingerprint density at radius 2 is 1.58 bits per heavy atom. The molecule has 1 aliphatic heterocycles. The zero-order valence-corrected chi connectivity index (χ0v) is 19.2. The number of halogens is 1. The molecule has 5 heteroatoms. The van der Waals surface area contributed by atoms with Crippen LogP contribution in [0.1, 0.15) is 12.8 Å². The summed E-state index contributed by atoms with van der Waals surface area (Å²) in [5.41, 5.74) is 5.97. The smallest absolute Gasteiger partial charge is 0.128 e. The van der Waals surface area contributed by atoms with Crippen molar-refractivity contribution in [2.24, 2.45) is 0 Å². The molecule has 0 spiro atoms. The van der Waals surface area contributed by atoms with Gasteiger partial charge in [0.25, 0.3) is 0 Å². The Bertz CT molecular complexity index is 1190. The summed E-state index contributed by atoms with van der Waals surface area (Å²) in [6.07, 6.45) is 6.30. The van der Waals surface area contributed by atoms with Crippen LogP contribution in [0.5, 0.6) is 5.75 Å². The minimum Gasteiger partial charge on any atom is -0.492 e. The second-order valence-corrected chi connectivity index (χ2v) is 8.70. The molecule has 0 atom stereocenters. The Kier molecular flexibility index (Phi) is 6.66. The van der Waals surface area contributed by atoms with E-state index < -0.39 is 0 Å². The summed E-state index contributed by atoms with van der Waals surface area (Å²) in [7, 11) is 0. The summed E-state index contributed by atoms with van der Waals surface area (Å²) in [5.74, 6) is 0.856. The Morgan fingerprint density at radius 1 is 0.788 bits per heavy atom. The molecule has 0 aliphatic carbocycles. The summed E-state index contributed by atoms with van der Waals surface area (Å²) in [5, 5.41) is 0.730. The monoisotopic (exact) mass is 455 g/mol. The minimum atomic E-state index is 0.674. The van der Waals surface area contributed by atoms with E-state index in [1.807, 2.05) is 60.9 Å². The average molecular weight is 456 g/mol. The number of pyridine rings is 2. The van der Waals surface area contributed by atoms with E-state index in [4.69, 9.17) is 21.3 Å². The topological polar surface area (TPSA) is 38.2 Å². The maximum Gasteiger partial charge on any atom is 0.128 e. The largest absolute Gasteiger partial charge is 0.492 e. The first-order valence-electron chi connectivity index (χ1n) is 11.4. The van der Waals surface area contributed by atoms with Crippen molar-refractivity contribution in [3.8, 4) is 39.4 Å². The zero-order chi connectivity index (χ0) is 22.5. The molecule has 4 nitrogen and oxygen atoms in total. The van der Waals surface area contributed by atoms with Crippen molar-refractivity contribution in [1.29, 1.82) is 0 Å². The van der Waals surface area contributed by atoms with E-state index in [0.29, 0.717) is 6.61 Å². The number of hydrogen-bond acceptors (Lipinski definition) is 4.